The van der Waals surface area contributed by atoms with Crippen LogP contribution in [0.15, 0.2) is 24.3 Å². The van der Waals surface area contributed by atoms with Crippen molar-refractivity contribution in [1.29, 1.82) is 0 Å². The van der Waals surface area contributed by atoms with Crippen molar-refractivity contribution in [1.82, 2.24) is 4.90 Å². The first-order valence-electron chi connectivity index (χ1n) is 8.27. The van der Waals surface area contributed by atoms with Gasteiger partial charge < -0.3 is 5.73 Å². The molecule has 0 spiro atoms. The van der Waals surface area contributed by atoms with Gasteiger partial charge in [-0.25, -0.2) is 0 Å². The van der Waals surface area contributed by atoms with Gasteiger partial charge in [0.1, 0.15) is 0 Å². The number of hydrogen-bond acceptors (Lipinski definition) is 2. The molecule has 3 rings (SSSR count). The average molecular weight is 272 g/mol. The van der Waals surface area contributed by atoms with Crippen molar-refractivity contribution in [2.45, 2.75) is 57.0 Å². The quantitative estimate of drug-likeness (QED) is 0.888. The summed E-state index contributed by atoms with van der Waals surface area (Å²) in [7, 11) is 2.27. The summed E-state index contributed by atoms with van der Waals surface area (Å²) >= 11 is 0. The van der Waals surface area contributed by atoms with Crippen LogP contribution in [0.3, 0.4) is 0 Å². The minimum Gasteiger partial charge on any atom is -0.330 e. The zero-order valence-corrected chi connectivity index (χ0v) is 12.7. The Morgan fingerprint density at radius 3 is 2.40 bits per heavy atom. The second-order valence-corrected chi connectivity index (χ2v) is 6.78. The standard InChI is InChI=1S/C18H28N2/c1-20(18-5-3-2-4-17(18)12-19)13-14-6-8-15(9-7-14)16-10-11-16/h6-9,16-18H,2-5,10-13,19H2,1H3. The number of hydrogen-bond donors (Lipinski definition) is 1. The first-order valence-corrected chi connectivity index (χ1v) is 8.27. The largest absolute Gasteiger partial charge is 0.330 e. The summed E-state index contributed by atoms with van der Waals surface area (Å²) in [6, 6.07) is 10.00. The van der Waals surface area contributed by atoms with E-state index in [1.807, 2.05) is 0 Å². The van der Waals surface area contributed by atoms with E-state index in [4.69, 9.17) is 5.73 Å². The van der Waals surface area contributed by atoms with Crippen LogP contribution in [0.5, 0.6) is 0 Å². The predicted molar refractivity (Wildman–Crippen MR) is 84.7 cm³/mol. The van der Waals surface area contributed by atoms with Gasteiger partial charge in [0.2, 0.25) is 0 Å². The van der Waals surface area contributed by atoms with Crippen molar-refractivity contribution in [3.05, 3.63) is 35.4 Å². The zero-order valence-electron chi connectivity index (χ0n) is 12.7. The maximum atomic E-state index is 5.96. The van der Waals surface area contributed by atoms with Gasteiger partial charge in [0, 0.05) is 12.6 Å². The molecule has 0 radical (unpaired) electrons. The Hall–Kier alpha value is -0.860. The van der Waals surface area contributed by atoms with Crippen molar-refractivity contribution in [3.63, 3.8) is 0 Å². The molecule has 2 saturated carbocycles. The molecule has 0 amide bonds. The monoisotopic (exact) mass is 272 g/mol. The third-order valence-electron chi connectivity index (χ3n) is 5.20. The smallest absolute Gasteiger partial charge is 0.0233 e. The molecular formula is C18H28N2. The molecule has 2 N–H and O–H groups in total. The van der Waals surface area contributed by atoms with Crippen molar-refractivity contribution >= 4 is 0 Å². The molecule has 0 bridgehead atoms. The molecule has 2 unspecified atom stereocenters. The van der Waals surface area contributed by atoms with Gasteiger partial charge in [0.05, 0.1) is 0 Å². The molecule has 0 aliphatic heterocycles. The van der Waals surface area contributed by atoms with E-state index in [0.717, 1.165) is 19.0 Å². The van der Waals surface area contributed by atoms with E-state index < -0.39 is 0 Å². The maximum Gasteiger partial charge on any atom is 0.0233 e. The normalized spacial score (nSPS) is 26.9. The molecule has 110 valence electrons. The van der Waals surface area contributed by atoms with Crippen LogP contribution < -0.4 is 5.73 Å². The molecule has 2 nitrogen and oxygen atoms in total. The summed E-state index contributed by atoms with van der Waals surface area (Å²) in [6.07, 6.45) is 8.14. The molecule has 2 fully saturated rings. The van der Waals surface area contributed by atoms with Gasteiger partial charge in [-0.05, 0) is 62.2 Å². The summed E-state index contributed by atoms with van der Waals surface area (Å²) in [5.41, 5.74) is 8.94. The van der Waals surface area contributed by atoms with Gasteiger partial charge >= 0.3 is 0 Å². The Labute approximate surface area is 123 Å². The van der Waals surface area contributed by atoms with E-state index in [9.17, 15) is 0 Å². The molecule has 1 aromatic rings. The van der Waals surface area contributed by atoms with E-state index in [2.05, 4.69) is 36.2 Å². The predicted octanol–water partition coefficient (Wildman–Crippen LogP) is 3.51. The van der Waals surface area contributed by atoms with Crippen molar-refractivity contribution < 1.29 is 0 Å². The van der Waals surface area contributed by atoms with Crippen molar-refractivity contribution in [2.75, 3.05) is 13.6 Å². The minimum atomic E-state index is 0.678. The lowest BCUT2D eigenvalue weighted by atomic mass is 9.83. The lowest BCUT2D eigenvalue weighted by Gasteiger charge is -2.37. The van der Waals surface area contributed by atoms with Crippen LogP contribution in [0.1, 0.15) is 55.6 Å². The fraction of sp³-hybridized carbons (Fsp3) is 0.667. The highest BCUT2D eigenvalue weighted by Crippen LogP contribution is 2.40. The minimum absolute atomic E-state index is 0.678. The fourth-order valence-electron chi connectivity index (χ4n) is 3.76. The third kappa shape index (κ3) is 3.24. The number of rotatable bonds is 5. The molecule has 2 aliphatic carbocycles. The summed E-state index contributed by atoms with van der Waals surface area (Å²) in [6.45, 7) is 1.90. The van der Waals surface area contributed by atoms with Gasteiger partial charge in [-0.2, -0.15) is 0 Å². The fourth-order valence-corrected chi connectivity index (χ4v) is 3.76. The SMILES string of the molecule is CN(Cc1ccc(C2CC2)cc1)C1CCCCC1CN. The van der Waals surface area contributed by atoms with E-state index >= 15 is 0 Å². The Balaban J connectivity index is 1.60. The maximum absolute atomic E-state index is 5.96. The number of nitrogens with two attached hydrogens (primary N) is 1. The highest BCUT2D eigenvalue weighted by atomic mass is 15.1. The van der Waals surface area contributed by atoms with Crippen LogP contribution >= 0.6 is 0 Å². The second-order valence-electron chi connectivity index (χ2n) is 6.78. The third-order valence-corrected chi connectivity index (χ3v) is 5.20. The Bertz CT molecular complexity index is 422. The highest BCUT2D eigenvalue weighted by Gasteiger charge is 2.27. The van der Waals surface area contributed by atoms with Crippen molar-refractivity contribution in [2.24, 2.45) is 11.7 Å². The molecule has 2 aliphatic rings. The van der Waals surface area contributed by atoms with Gasteiger partial charge in [-0.15, -0.1) is 0 Å². The summed E-state index contributed by atoms with van der Waals surface area (Å²) in [4.78, 5) is 2.53. The van der Waals surface area contributed by atoms with E-state index in [0.29, 0.717) is 12.0 Å². The lowest BCUT2D eigenvalue weighted by molar-refractivity contribution is 0.127. The molecule has 2 heteroatoms. The summed E-state index contributed by atoms with van der Waals surface area (Å²) in [5, 5.41) is 0. The van der Waals surface area contributed by atoms with Crippen molar-refractivity contribution in [3.8, 4) is 0 Å². The van der Waals surface area contributed by atoms with Crippen LogP contribution in [-0.2, 0) is 6.54 Å². The zero-order chi connectivity index (χ0) is 13.9. The highest BCUT2D eigenvalue weighted by molar-refractivity contribution is 5.28. The number of benzene rings is 1. The van der Waals surface area contributed by atoms with Crippen LogP contribution in [-0.4, -0.2) is 24.5 Å². The van der Waals surface area contributed by atoms with E-state index in [1.54, 1.807) is 0 Å². The molecule has 0 aromatic heterocycles. The van der Waals surface area contributed by atoms with Crippen LogP contribution in [0.2, 0.25) is 0 Å². The molecule has 1 aromatic carbocycles. The van der Waals surface area contributed by atoms with Gasteiger partial charge in [0.25, 0.3) is 0 Å². The summed E-state index contributed by atoms with van der Waals surface area (Å²) in [5.74, 6) is 1.56. The Kier molecular flexibility index (Phi) is 4.42. The van der Waals surface area contributed by atoms with Gasteiger partial charge in [-0.3, -0.25) is 4.90 Å². The molecule has 2 atom stereocenters. The Morgan fingerprint density at radius 2 is 1.75 bits per heavy atom. The Morgan fingerprint density at radius 1 is 1.05 bits per heavy atom. The van der Waals surface area contributed by atoms with Crippen LogP contribution in [0.25, 0.3) is 0 Å². The molecule has 20 heavy (non-hydrogen) atoms. The summed E-state index contributed by atoms with van der Waals surface area (Å²) < 4.78 is 0. The topological polar surface area (TPSA) is 29.3 Å². The first kappa shape index (κ1) is 14.1. The molecule has 0 saturated heterocycles. The molecular weight excluding hydrogens is 244 g/mol. The van der Waals surface area contributed by atoms with Crippen LogP contribution in [0.4, 0.5) is 0 Å². The van der Waals surface area contributed by atoms with Gasteiger partial charge in [0.15, 0.2) is 0 Å². The average Bonchev–Trinajstić information content (AvgIpc) is 3.32. The molecule has 0 heterocycles. The van der Waals surface area contributed by atoms with E-state index in [-0.39, 0.29) is 0 Å². The van der Waals surface area contributed by atoms with Crippen LogP contribution in [0, 0.1) is 5.92 Å². The lowest BCUT2D eigenvalue weighted by Crippen LogP contribution is -2.42. The number of nitrogens with zero attached hydrogens (tertiary/aromatic N) is 1. The first-order chi connectivity index (χ1) is 9.78. The second kappa shape index (κ2) is 6.28. The van der Waals surface area contributed by atoms with Gasteiger partial charge in [-0.1, -0.05) is 37.1 Å². The van der Waals surface area contributed by atoms with E-state index in [1.165, 1.54) is 49.7 Å².